The molecule has 1 amide bonds. The summed E-state index contributed by atoms with van der Waals surface area (Å²) < 4.78 is 29.7. The van der Waals surface area contributed by atoms with Crippen molar-refractivity contribution in [3.05, 3.63) is 35.9 Å². The lowest BCUT2D eigenvalue weighted by Gasteiger charge is -2.36. The lowest BCUT2D eigenvalue weighted by atomic mass is 9.98. The fourth-order valence-electron chi connectivity index (χ4n) is 3.71. The van der Waals surface area contributed by atoms with E-state index < -0.39 is 42.3 Å². The van der Waals surface area contributed by atoms with Gasteiger partial charge in [-0.15, -0.1) is 0 Å². The number of carbonyl (C=O) groups is 1. The molecule has 3 fully saturated rings. The molecule has 0 bridgehead atoms. The highest BCUT2D eigenvalue weighted by molar-refractivity contribution is 5.81. The molecule has 3 aliphatic rings. The monoisotopic (exact) mass is 363 g/mol. The molecule has 7 heteroatoms. The maximum atomic E-state index is 12.8. The smallest absolute Gasteiger partial charge is 0.252 e. The van der Waals surface area contributed by atoms with Crippen molar-refractivity contribution in [2.24, 2.45) is 0 Å². The van der Waals surface area contributed by atoms with Gasteiger partial charge in [-0.2, -0.15) is 0 Å². The molecular formula is C19H25NO6. The molecule has 0 saturated carbocycles. The third-order valence-corrected chi connectivity index (χ3v) is 4.72. The van der Waals surface area contributed by atoms with Crippen LogP contribution in [0, 0.1) is 0 Å². The van der Waals surface area contributed by atoms with E-state index in [2.05, 4.69) is 5.32 Å². The van der Waals surface area contributed by atoms with Crippen molar-refractivity contribution in [3.8, 4) is 0 Å². The Labute approximate surface area is 152 Å². The number of benzene rings is 1. The average molecular weight is 363 g/mol. The van der Waals surface area contributed by atoms with Gasteiger partial charge in [0.1, 0.15) is 18.3 Å². The molecule has 3 aliphatic heterocycles. The Morgan fingerprint density at radius 3 is 2.27 bits per heavy atom. The summed E-state index contributed by atoms with van der Waals surface area (Å²) >= 11 is 0. The van der Waals surface area contributed by atoms with E-state index in [4.69, 9.17) is 23.7 Å². The minimum absolute atomic E-state index is 0.253. The number of carbonyl (C=O) groups excluding carboxylic acids is 1. The van der Waals surface area contributed by atoms with E-state index in [1.54, 1.807) is 0 Å². The van der Waals surface area contributed by atoms with Gasteiger partial charge < -0.3 is 29.0 Å². The van der Waals surface area contributed by atoms with Crippen LogP contribution in [-0.2, 0) is 35.0 Å². The molecule has 1 aromatic carbocycles. The maximum absolute atomic E-state index is 12.8. The van der Waals surface area contributed by atoms with E-state index >= 15 is 0 Å². The Morgan fingerprint density at radius 2 is 1.54 bits per heavy atom. The van der Waals surface area contributed by atoms with Gasteiger partial charge in [0.2, 0.25) is 0 Å². The summed E-state index contributed by atoms with van der Waals surface area (Å²) in [6.45, 7) is 7.68. The number of nitrogens with one attached hydrogen (secondary N) is 1. The maximum Gasteiger partial charge on any atom is 0.252 e. The van der Waals surface area contributed by atoms with Crippen molar-refractivity contribution in [1.29, 1.82) is 0 Å². The van der Waals surface area contributed by atoms with Gasteiger partial charge in [-0.25, -0.2) is 0 Å². The third kappa shape index (κ3) is 3.37. The second-order valence-corrected chi connectivity index (χ2v) is 7.79. The third-order valence-electron chi connectivity index (χ3n) is 4.72. The van der Waals surface area contributed by atoms with Crippen LogP contribution >= 0.6 is 0 Å². The van der Waals surface area contributed by atoms with Crippen molar-refractivity contribution in [2.75, 3.05) is 0 Å². The molecule has 0 aliphatic carbocycles. The number of rotatable bonds is 3. The van der Waals surface area contributed by atoms with Crippen molar-refractivity contribution >= 4 is 5.91 Å². The number of ether oxygens (including phenoxy) is 5. The molecule has 0 spiro atoms. The molecule has 0 unspecified atom stereocenters. The van der Waals surface area contributed by atoms with Gasteiger partial charge >= 0.3 is 0 Å². The Hall–Kier alpha value is -1.51. The van der Waals surface area contributed by atoms with Crippen LogP contribution in [0.15, 0.2) is 30.3 Å². The molecule has 26 heavy (non-hydrogen) atoms. The fraction of sp³-hybridized carbons (Fsp3) is 0.632. The lowest BCUT2D eigenvalue weighted by molar-refractivity contribution is -0.231. The first kappa shape index (κ1) is 17.9. The number of fused-ring (bicyclic) bond motifs is 3. The van der Waals surface area contributed by atoms with Crippen molar-refractivity contribution in [2.45, 2.75) is 76.5 Å². The van der Waals surface area contributed by atoms with Crippen LogP contribution < -0.4 is 5.32 Å². The zero-order chi connectivity index (χ0) is 18.5. The van der Waals surface area contributed by atoms with Crippen LogP contribution in [0.1, 0.15) is 33.3 Å². The second kappa shape index (κ2) is 6.28. The highest BCUT2D eigenvalue weighted by Crippen LogP contribution is 2.44. The topological polar surface area (TPSA) is 75.3 Å². The van der Waals surface area contributed by atoms with Crippen LogP contribution in [0.5, 0.6) is 0 Å². The first-order valence-corrected chi connectivity index (χ1v) is 8.92. The van der Waals surface area contributed by atoms with Crippen molar-refractivity contribution in [1.82, 2.24) is 5.32 Å². The van der Waals surface area contributed by atoms with Gasteiger partial charge in [0.25, 0.3) is 5.91 Å². The molecule has 3 saturated heterocycles. The average Bonchev–Trinajstić information content (AvgIpc) is 3.06. The van der Waals surface area contributed by atoms with Crippen molar-refractivity contribution < 1.29 is 28.5 Å². The van der Waals surface area contributed by atoms with Crippen LogP contribution in [0.3, 0.4) is 0 Å². The summed E-state index contributed by atoms with van der Waals surface area (Å²) in [5.41, 5.74) is 1.01. The van der Waals surface area contributed by atoms with E-state index in [-0.39, 0.29) is 5.91 Å². The van der Waals surface area contributed by atoms with Gasteiger partial charge in [-0.05, 0) is 33.3 Å². The Balaban J connectivity index is 1.51. The van der Waals surface area contributed by atoms with Crippen LogP contribution in [0.4, 0.5) is 0 Å². The Kier molecular flexibility index (Phi) is 4.32. The SMILES string of the molecule is CC1(C)O[C@@H]2[C@@H](O1)[C@@H](C(=O)NCc1ccccc1)O[C@H]1OC(C)(C)O[C@@H]12. The Bertz CT molecular complexity index is 676. The van der Waals surface area contributed by atoms with Gasteiger partial charge in [-0.3, -0.25) is 4.79 Å². The molecule has 7 nitrogen and oxygen atoms in total. The molecule has 5 atom stereocenters. The van der Waals surface area contributed by atoms with Gasteiger partial charge in [0.15, 0.2) is 24.0 Å². The summed E-state index contributed by atoms with van der Waals surface area (Å²) in [5, 5.41) is 2.91. The number of amides is 1. The molecule has 0 radical (unpaired) electrons. The summed E-state index contributed by atoms with van der Waals surface area (Å²) in [6.07, 6.45) is -2.92. The minimum atomic E-state index is -0.829. The molecule has 0 aromatic heterocycles. The van der Waals surface area contributed by atoms with Gasteiger partial charge in [-0.1, -0.05) is 30.3 Å². The quantitative estimate of drug-likeness (QED) is 0.881. The first-order valence-electron chi connectivity index (χ1n) is 8.92. The lowest BCUT2D eigenvalue weighted by Crippen LogP contribution is -2.59. The predicted octanol–water partition coefficient (Wildman–Crippen LogP) is 1.70. The summed E-state index contributed by atoms with van der Waals surface area (Å²) in [4.78, 5) is 12.8. The molecule has 1 N–H and O–H groups in total. The summed E-state index contributed by atoms with van der Waals surface area (Å²) in [5.74, 6) is -1.87. The van der Waals surface area contributed by atoms with E-state index in [9.17, 15) is 4.79 Å². The number of hydrogen-bond acceptors (Lipinski definition) is 6. The standard InChI is InChI=1S/C19H25NO6/c1-18(2)23-12-13(24-18)15-17(26-19(3,4)25-15)22-14(12)16(21)20-10-11-8-6-5-7-9-11/h5-9,12-15,17H,10H2,1-4H3,(H,20,21)/t12-,13-,14+,15-,17+/m1/s1. The second-order valence-electron chi connectivity index (χ2n) is 7.79. The van der Waals surface area contributed by atoms with Gasteiger partial charge in [0.05, 0.1) is 0 Å². The van der Waals surface area contributed by atoms with Gasteiger partial charge in [0, 0.05) is 6.54 Å². The number of hydrogen-bond donors (Lipinski definition) is 1. The van der Waals surface area contributed by atoms with Crippen LogP contribution in [-0.4, -0.2) is 48.2 Å². The molecule has 3 heterocycles. The predicted molar refractivity (Wildman–Crippen MR) is 90.8 cm³/mol. The molecular weight excluding hydrogens is 338 g/mol. The molecule has 4 rings (SSSR count). The molecule has 1 aromatic rings. The zero-order valence-corrected chi connectivity index (χ0v) is 15.4. The largest absolute Gasteiger partial charge is 0.350 e. The zero-order valence-electron chi connectivity index (χ0n) is 15.4. The Morgan fingerprint density at radius 1 is 0.923 bits per heavy atom. The summed E-state index contributed by atoms with van der Waals surface area (Å²) in [6, 6.07) is 9.71. The highest BCUT2D eigenvalue weighted by Gasteiger charge is 2.62. The van der Waals surface area contributed by atoms with Crippen LogP contribution in [0.2, 0.25) is 0 Å². The first-order chi connectivity index (χ1) is 12.2. The van der Waals surface area contributed by atoms with E-state index in [0.29, 0.717) is 6.54 Å². The normalized spacial score (nSPS) is 37.0. The van der Waals surface area contributed by atoms with Crippen LogP contribution in [0.25, 0.3) is 0 Å². The van der Waals surface area contributed by atoms with Crippen molar-refractivity contribution in [3.63, 3.8) is 0 Å². The fourth-order valence-corrected chi connectivity index (χ4v) is 3.71. The van der Waals surface area contributed by atoms with E-state index in [1.807, 2.05) is 58.0 Å². The highest BCUT2D eigenvalue weighted by atomic mass is 16.9. The summed E-state index contributed by atoms with van der Waals surface area (Å²) in [7, 11) is 0. The minimum Gasteiger partial charge on any atom is -0.350 e. The van der Waals surface area contributed by atoms with E-state index in [0.717, 1.165) is 5.56 Å². The molecule has 142 valence electrons. The van der Waals surface area contributed by atoms with E-state index in [1.165, 1.54) is 0 Å².